The fraction of sp³-hybridized carbons (Fsp3) is 0.600. The van der Waals surface area contributed by atoms with Crippen LogP contribution in [0.3, 0.4) is 0 Å². The number of hydrogen-bond donors (Lipinski definition) is 1. The van der Waals surface area contributed by atoms with E-state index in [1.807, 2.05) is 24.3 Å². The van der Waals surface area contributed by atoms with Gasteiger partial charge in [-0.1, -0.05) is 12.1 Å². The molecule has 7 heteroatoms. The van der Waals surface area contributed by atoms with Crippen molar-refractivity contribution in [3.05, 3.63) is 29.8 Å². The maximum Gasteiger partial charge on any atom is 0.260 e. The molecule has 0 saturated carbocycles. The molecule has 2 bridgehead atoms. The molecule has 1 N–H and O–H groups in total. The molecule has 7 nitrogen and oxygen atoms in total. The van der Waals surface area contributed by atoms with Crippen LogP contribution in [0.2, 0.25) is 0 Å². The first-order valence-corrected chi connectivity index (χ1v) is 9.79. The molecule has 3 saturated heterocycles. The van der Waals surface area contributed by atoms with Crippen LogP contribution in [0.5, 0.6) is 5.75 Å². The molecular formula is C20H27N3O4. The number of nitrogens with one attached hydrogen (secondary N) is 1. The minimum absolute atomic E-state index is 0.000635. The standard InChI is InChI=1S/C20H27N3O4/c24-19-11-16-3-4-17(12-21-19)23(16)13-15-1-5-18(6-2-15)27-14-20(25)22-7-9-26-10-8-22/h1-2,5-6,16-17H,3-4,7-14H2,(H,21,24)/t16-,17+/m0/s1. The number of rotatable bonds is 5. The molecule has 2 atom stereocenters. The van der Waals surface area contributed by atoms with Crippen molar-refractivity contribution in [3.8, 4) is 5.75 Å². The van der Waals surface area contributed by atoms with Gasteiger partial charge in [0.05, 0.1) is 13.2 Å². The maximum atomic E-state index is 12.1. The van der Waals surface area contributed by atoms with Crippen molar-refractivity contribution in [2.45, 2.75) is 37.9 Å². The Morgan fingerprint density at radius 3 is 2.67 bits per heavy atom. The van der Waals surface area contributed by atoms with E-state index in [1.54, 1.807) is 4.90 Å². The van der Waals surface area contributed by atoms with Crippen LogP contribution in [0.1, 0.15) is 24.8 Å². The summed E-state index contributed by atoms with van der Waals surface area (Å²) < 4.78 is 10.9. The number of carbonyl (C=O) groups excluding carboxylic acids is 2. The van der Waals surface area contributed by atoms with Crippen molar-refractivity contribution < 1.29 is 19.1 Å². The number of carbonyl (C=O) groups is 2. The van der Waals surface area contributed by atoms with Crippen LogP contribution in [0, 0.1) is 0 Å². The molecule has 3 heterocycles. The van der Waals surface area contributed by atoms with Gasteiger partial charge in [-0.05, 0) is 30.5 Å². The number of hydrogen-bond acceptors (Lipinski definition) is 5. The summed E-state index contributed by atoms with van der Waals surface area (Å²) in [6.07, 6.45) is 2.85. The molecule has 3 aliphatic heterocycles. The number of amides is 2. The first-order chi connectivity index (χ1) is 13.2. The van der Waals surface area contributed by atoms with E-state index in [4.69, 9.17) is 9.47 Å². The Morgan fingerprint density at radius 1 is 1.15 bits per heavy atom. The average Bonchev–Trinajstić information content (AvgIpc) is 2.99. The zero-order chi connectivity index (χ0) is 18.6. The van der Waals surface area contributed by atoms with Gasteiger partial charge in [0, 0.05) is 44.7 Å². The molecule has 0 aromatic heterocycles. The molecule has 3 fully saturated rings. The number of nitrogens with zero attached hydrogens (tertiary/aromatic N) is 2. The second-order valence-electron chi connectivity index (χ2n) is 7.49. The zero-order valence-corrected chi connectivity index (χ0v) is 15.6. The van der Waals surface area contributed by atoms with Gasteiger partial charge in [-0.3, -0.25) is 14.5 Å². The number of benzene rings is 1. The van der Waals surface area contributed by atoms with E-state index in [1.165, 1.54) is 5.56 Å². The Balaban J connectivity index is 1.30. The summed E-state index contributed by atoms with van der Waals surface area (Å²) in [5.74, 6) is 0.873. The third-order valence-electron chi connectivity index (χ3n) is 5.74. The zero-order valence-electron chi connectivity index (χ0n) is 15.6. The second kappa shape index (κ2) is 8.27. The molecule has 0 unspecified atom stereocenters. The van der Waals surface area contributed by atoms with Gasteiger partial charge in [0.25, 0.3) is 5.91 Å². The van der Waals surface area contributed by atoms with Gasteiger partial charge < -0.3 is 19.7 Å². The first kappa shape index (κ1) is 18.3. The lowest BCUT2D eigenvalue weighted by Crippen LogP contribution is -2.42. The summed E-state index contributed by atoms with van der Waals surface area (Å²) in [6.45, 7) is 4.12. The van der Waals surface area contributed by atoms with Crippen molar-refractivity contribution in [3.63, 3.8) is 0 Å². The Hall–Kier alpha value is -2.12. The largest absolute Gasteiger partial charge is 0.484 e. The quantitative estimate of drug-likeness (QED) is 0.826. The van der Waals surface area contributed by atoms with Crippen LogP contribution in [-0.2, 0) is 20.9 Å². The van der Waals surface area contributed by atoms with Crippen molar-refractivity contribution in [1.29, 1.82) is 0 Å². The summed E-state index contributed by atoms with van der Waals surface area (Å²) in [5.41, 5.74) is 1.20. The Kier molecular flexibility index (Phi) is 5.59. The van der Waals surface area contributed by atoms with E-state index in [-0.39, 0.29) is 18.4 Å². The third-order valence-corrected chi connectivity index (χ3v) is 5.74. The fourth-order valence-corrected chi connectivity index (χ4v) is 4.18. The topological polar surface area (TPSA) is 71.1 Å². The van der Waals surface area contributed by atoms with Crippen LogP contribution in [-0.4, -0.2) is 73.2 Å². The van der Waals surface area contributed by atoms with Crippen LogP contribution in [0.25, 0.3) is 0 Å². The summed E-state index contributed by atoms with van der Waals surface area (Å²) in [6, 6.07) is 8.72. The minimum Gasteiger partial charge on any atom is -0.484 e. The van der Waals surface area contributed by atoms with Gasteiger partial charge in [-0.15, -0.1) is 0 Å². The maximum absolute atomic E-state index is 12.1. The molecular weight excluding hydrogens is 346 g/mol. The summed E-state index contributed by atoms with van der Waals surface area (Å²) >= 11 is 0. The van der Waals surface area contributed by atoms with Gasteiger partial charge >= 0.3 is 0 Å². The molecule has 3 aliphatic rings. The molecule has 4 rings (SSSR count). The predicted molar refractivity (Wildman–Crippen MR) is 99.3 cm³/mol. The molecule has 0 spiro atoms. The van der Waals surface area contributed by atoms with Crippen molar-refractivity contribution >= 4 is 11.8 Å². The highest BCUT2D eigenvalue weighted by molar-refractivity contribution is 5.78. The predicted octanol–water partition coefficient (Wildman–Crippen LogP) is 0.777. The Morgan fingerprint density at radius 2 is 1.89 bits per heavy atom. The van der Waals surface area contributed by atoms with Crippen molar-refractivity contribution in [2.75, 3.05) is 39.5 Å². The monoisotopic (exact) mass is 373 g/mol. The SMILES string of the molecule is O=C1C[C@@H]2CC[C@H](CN1)N2Cc1ccc(OCC(=O)N2CCOCC2)cc1. The molecule has 1 aromatic carbocycles. The highest BCUT2D eigenvalue weighted by atomic mass is 16.5. The lowest BCUT2D eigenvalue weighted by Gasteiger charge is -2.27. The third kappa shape index (κ3) is 4.42. The minimum atomic E-state index is 0.000635. The number of morpholine rings is 1. The summed E-state index contributed by atoms with van der Waals surface area (Å²) in [4.78, 5) is 28.1. The normalized spacial score (nSPS) is 25.8. The number of fused-ring (bicyclic) bond motifs is 2. The highest BCUT2D eigenvalue weighted by Gasteiger charge is 2.37. The van der Waals surface area contributed by atoms with Crippen LogP contribution >= 0.6 is 0 Å². The molecule has 0 aliphatic carbocycles. The lowest BCUT2D eigenvalue weighted by molar-refractivity contribution is -0.137. The lowest BCUT2D eigenvalue weighted by atomic mass is 10.1. The van der Waals surface area contributed by atoms with Crippen molar-refractivity contribution in [1.82, 2.24) is 15.1 Å². The van der Waals surface area contributed by atoms with E-state index >= 15 is 0 Å². The number of ether oxygens (including phenoxy) is 2. The highest BCUT2D eigenvalue weighted by Crippen LogP contribution is 2.30. The van der Waals surface area contributed by atoms with Gasteiger partial charge in [0.1, 0.15) is 5.75 Å². The molecule has 146 valence electrons. The van der Waals surface area contributed by atoms with Gasteiger partial charge in [0.2, 0.25) is 5.91 Å². The van der Waals surface area contributed by atoms with Gasteiger partial charge in [-0.2, -0.15) is 0 Å². The Labute approximate surface area is 159 Å². The van der Waals surface area contributed by atoms with Gasteiger partial charge in [0.15, 0.2) is 6.61 Å². The molecule has 1 aromatic rings. The Bertz CT molecular complexity index is 672. The van der Waals surface area contributed by atoms with E-state index in [9.17, 15) is 9.59 Å². The van der Waals surface area contributed by atoms with E-state index < -0.39 is 0 Å². The summed E-state index contributed by atoms with van der Waals surface area (Å²) in [7, 11) is 0. The average molecular weight is 373 g/mol. The van der Waals surface area contributed by atoms with E-state index in [0.717, 1.165) is 25.9 Å². The summed E-state index contributed by atoms with van der Waals surface area (Å²) in [5, 5.41) is 3.01. The first-order valence-electron chi connectivity index (χ1n) is 9.79. The molecule has 27 heavy (non-hydrogen) atoms. The van der Waals surface area contributed by atoms with Crippen LogP contribution in [0.15, 0.2) is 24.3 Å². The second-order valence-corrected chi connectivity index (χ2v) is 7.49. The van der Waals surface area contributed by atoms with Crippen LogP contribution in [0.4, 0.5) is 0 Å². The van der Waals surface area contributed by atoms with Crippen LogP contribution < -0.4 is 10.1 Å². The fourth-order valence-electron chi connectivity index (χ4n) is 4.18. The van der Waals surface area contributed by atoms with Gasteiger partial charge in [-0.25, -0.2) is 0 Å². The van der Waals surface area contributed by atoms with Crippen molar-refractivity contribution in [2.24, 2.45) is 0 Å². The van der Waals surface area contributed by atoms with E-state index in [2.05, 4.69) is 10.2 Å². The van der Waals surface area contributed by atoms with E-state index in [0.29, 0.717) is 50.6 Å². The smallest absolute Gasteiger partial charge is 0.260 e. The molecule has 0 radical (unpaired) electrons. The molecule has 2 amide bonds.